The van der Waals surface area contributed by atoms with Crippen molar-refractivity contribution in [2.45, 2.75) is 19.8 Å². The maximum Gasteiger partial charge on any atom is 0.191 e. The van der Waals surface area contributed by atoms with Crippen molar-refractivity contribution < 1.29 is 9.13 Å². The van der Waals surface area contributed by atoms with E-state index in [1.165, 1.54) is 12.1 Å². The SMILES string of the molecule is CCCCOCCN=C(N)N1CCN(c2ccc(F)cc2)CC1.I. The van der Waals surface area contributed by atoms with Gasteiger partial charge in [0.1, 0.15) is 5.82 Å². The summed E-state index contributed by atoms with van der Waals surface area (Å²) in [7, 11) is 0. The van der Waals surface area contributed by atoms with Crippen LogP contribution in [0.1, 0.15) is 19.8 Å². The lowest BCUT2D eigenvalue weighted by Crippen LogP contribution is -2.51. The highest BCUT2D eigenvalue weighted by Gasteiger charge is 2.18. The summed E-state index contributed by atoms with van der Waals surface area (Å²) in [6.07, 6.45) is 2.23. The van der Waals surface area contributed by atoms with Gasteiger partial charge in [0.15, 0.2) is 5.96 Å². The average molecular weight is 450 g/mol. The van der Waals surface area contributed by atoms with E-state index in [1.807, 2.05) is 12.1 Å². The van der Waals surface area contributed by atoms with E-state index >= 15 is 0 Å². The Kier molecular flexibility index (Phi) is 10.0. The number of aliphatic imine (C=N–C) groups is 1. The molecule has 1 aliphatic rings. The van der Waals surface area contributed by atoms with E-state index in [1.54, 1.807) is 0 Å². The minimum Gasteiger partial charge on any atom is -0.380 e. The molecule has 2 N–H and O–H groups in total. The number of hydrogen-bond donors (Lipinski definition) is 1. The van der Waals surface area contributed by atoms with Crippen LogP contribution in [-0.4, -0.2) is 56.8 Å². The lowest BCUT2D eigenvalue weighted by molar-refractivity contribution is 0.138. The Labute approximate surface area is 161 Å². The molecule has 1 fully saturated rings. The van der Waals surface area contributed by atoms with E-state index in [0.717, 1.165) is 51.3 Å². The van der Waals surface area contributed by atoms with Crippen LogP contribution in [0.5, 0.6) is 0 Å². The van der Waals surface area contributed by atoms with E-state index in [0.29, 0.717) is 19.1 Å². The van der Waals surface area contributed by atoms with Gasteiger partial charge in [0.05, 0.1) is 13.2 Å². The molecule has 24 heavy (non-hydrogen) atoms. The number of anilines is 1. The van der Waals surface area contributed by atoms with Crippen molar-refractivity contribution in [2.75, 3.05) is 50.8 Å². The maximum atomic E-state index is 13.0. The molecule has 0 bridgehead atoms. The number of rotatable bonds is 7. The van der Waals surface area contributed by atoms with E-state index in [9.17, 15) is 4.39 Å². The molecule has 0 unspecified atom stereocenters. The highest BCUT2D eigenvalue weighted by molar-refractivity contribution is 14.0. The van der Waals surface area contributed by atoms with Gasteiger partial charge in [-0.15, -0.1) is 24.0 Å². The zero-order valence-electron chi connectivity index (χ0n) is 14.3. The number of unbranched alkanes of at least 4 members (excludes halogenated alkanes) is 1. The van der Waals surface area contributed by atoms with Gasteiger partial charge < -0.3 is 20.3 Å². The summed E-state index contributed by atoms with van der Waals surface area (Å²) in [6.45, 7) is 7.52. The molecule has 1 aromatic carbocycles. The van der Waals surface area contributed by atoms with Gasteiger partial charge in [0.25, 0.3) is 0 Å². The number of hydrogen-bond acceptors (Lipinski definition) is 3. The summed E-state index contributed by atoms with van der Waals surface area (Å²) < 4.78 is 18.4. The molecule has 0 radical (unpaired) electrons. The molecule has 5 nitrogen and oxygen atoms in total. The molecule has 0 spiro atoms. The van der Waals surface area contributed by atoms with Crippen LogP contribution in [0.4, 0.5) is 10.1 Å². The van der Waals surface area contributed by atoms with Crippen LogP contribution < -0.4 is 10.6 Å². The van der Waals surface area contributed by atoms with Crippen LogP contribution in [0.2, 0.25) is 0 Å². The monoisotopic (exact) mass is 450 g/mol. The minimum absolute atomic E-state index is 0. The van der Waals surface area contributed by atoms with E-state index in [2.05, 4.69) is 21.7 Å². The van der Waals surface area contributed by atoms with Crippen molar-refractivity contribution in [1.29, 1.82) is 0 Å². The maximum absolute atomic E-state index is 13.0. The van der Waals surface area contributed by atoms with Crippen molar-refractivity contribution in [3.05, 3.63) is 30.1 Å². The predicted molar refractivity (Wildman–Crippen MR) is 108 cm³/mol. The molecule has 0 aliphatic carbocycles. The standard InChI is InChI=1S/C17H27FN4O.HI/c1-2-3-13-23-14-8-20-17(19)22-11-9-21(10-12-22)16-6-4-15(18)5-7-16;/h4-7H,2-3,8-14H2,1H3,(H2,19,20);1H. The van der Waals surface area contributed by atoms with E-state index < -0.39 is 0 Å². The lowest BCUT2D eigenvalue weighted by Gasteiger charge is -2.36. The van der Waals surface area contributed by atoms with Gasteiger partial charge in [-0.1, -0.05) is 13.3 Å². The van der Waals surface area contributed by atoms with Crippen molar-refractivity contribution >= 4 is 35.6 Å². The van der Waals surface area contributed by atoms with Gasteiger partial charge in [-0.2, -0.15) is 0 Å². The third kappa shape index (κ3) is 6.80. The number of guanidine groups is 1. The summed E-state index contributed by atoms with van der Waals surface area (Å²) in [5, 5.41) is 0. The van der Waals surface area contributed by atoms with Crippen molar-refractivity contribution in [1.82, 2.24) is 4.90 Å². The predicted octanol–water partition coefficient (Wildman–Crippen LogP) is 2.70. The lowest BCUT2D eigenvalue weighted by atomic mass is 10.2. The topological polar surface area (TPSA) is 54.1 Å². The largest absolute Gasteiger partial charge is 0.380 e. The fourth-order valence-electron chi connectivity index (χ4n) is 2.52. The molecule has 0 atom stereocenters. The van der Waals surface area contributed by atoms with Gasteiger partial charge in [-0.05, 0) is 30.7 Å². The van der Waals surface area contributed by atoms with Gasteiger partial charge in [0, 0.05) is 38.5 Å². The molecule has 1 aromatic rings. The first kappa shape index (κ1) is 21.0. The fraction of sp³-hybridized carbons (Fsp3) is 0.588. The molecule has 0 aromatic heterocycles. The van der Waals surface area contributed by atoms with Gasteiger partial charge >= 0.3 is 0 Å². The van der Waals surface area contributed by atoms with Gasteiger partial charge in [-0.3, -0.25) is 4.99 Å². The summed E-state index contributed by atoms with van der Waals surface area (Å²) in [5.74, 6) is 0.382. The van der Waals surface area contributed by atoms with E-state index in [-0.39, 0.29) is 29.8 Å². The Morgan fingerprint density at radius 2 is 1.83 bits per heavy atom. The quantitative estimate of drug-likeness (QED) is 0.301. The van der Waals surface area contributed by atoms with Crippen molar-refractivity contribution in [3.63, 3.8) is 0 Å². The Morgan fingerprint density at radius 3 is 2.46 bits per heavy atom. The average Bonchev–Trinajstić information content (AvgIpc) is 2.58. The minimum atomic E-state index is -0.204. The second-order valence-corrected chi connectivity index (χ2v) is 5.66. The Hall–Kier alpha value is -1.09. The Morgan fingerprint density at radius 1 is 1.17 bits per heavy atom. The Bertz CT molecular complexity index is 490. The molecule has 0 amide bonds. The zero-order chi connectivity index (χ0) is 16.5. The first-order chi connectivity index (χ1) is 11.2. The second-order valence-electron chi connectivity index (χ2n) is 5.66. The third-order valence-corrected chi connectivity index (χ3v) is 3.95. The smallest absolute Gasteiger partial charge is 0.191 e. The highest BCUT2D eigenvalue weighted by Crippen LogP contribution is 2.16. The number of ether oxygens (including phenoxy) is 1. The molecule has 1 aliphatic heterocycles. The summed E-state index contributed by atoms with van der Waals surface area (Å²) >= 11 is 0. The first-order valence-corrected chi connectivity index (χ1v) is 8.34. The summed E-state index contributed by atoms with van der Waals surface area (Å²) in [4.78, 5) is 8.70. The summed E-state index contributed by atoms with van der Waals surface area (Å²) in [6, 6.07) is 6.62. The normalized spacial score (nSPS) is 15.3. The Balaban J connectivity index is 0.00000288. The highest BCUT2D eigenvalue weighted by atomic mass is 127. The zero-order valence-corrected chi connectivity index (χ0v) is 16.6. The molecule has 136 valence electrons. The molecular formula is C17H28FIN4O. The van der Waals surface area contributed by atoms with Crippen LogP contribution in [0.3, 0.4) is 0 Å². The van der Waals surface area contributed by atoms with Crippen LogP contribution in [0.25, 0.3) is 0 Å². The van der Waals surface area contributed by atoms with Crippen molar-refractivity contribution in [3.8, 4) is 0 Å². The number of halogens is 2. The molecule has 0 saturated carbocycles. The van der Waals surface area contributed by atoms with Crippen LogP contribution >= 0.6 is 24.0 Å². The van der Waals surface area contributed by atoms with E-state index in [4.69, 9.17) is 10.5 Å². The number of benzene rings is 1. The summed E-state index contributed by atoms with van der Waals surface area (Å²) in [5.41, 5.74) is 7.09. The van der Waals surface area contributed by atoms with Crippen LogP contribution in [-0.2, 0) is 4.74 Å². The first-order valence-electron chi connectivity index (χ1n) is 8.34. The third-order valence-electron chi connectivity index (χ3n) is 3.95. The van der Waals surface area contributed by atoms with Crippen molar-refractivity contribution in [2.24, 2.45) is 10.7 Å². The fourth-order valence-corrected chi connectivity index (χ4v) is 2.52. The molecule has 7 heteroatoms. The second kappa shape index (κ2) is 11.5. The van der Waals surface area contributed by atoms with Gasteiger partial charge in [-0.25, -0.2) is 4.39 Å². The van der Waals surface area contributed by atoms with Crippen LogP contribution in [0, 0.1) is 5.82 Å². The number of piperazine rings is 1. The molecule has 1 saturated heterocycles. The number of nitrogens with two attached hydrogens (primary N) is 1. The molecule has 2 rings (SSSR count). The van der Waals surface area contributed by atoms with Crippen LogP contribution in [0.15, 0.2) is 29.3 Å². The number of nitrogens with zero attached hydrogens (tertiary/aromatic N) is 3. The molecular weight excluding hydrogens is 422 g/mol. The van der Waals surface area contributed by atoms with Gasteiger partial charge in [0.2, 0.25) is 0 Å². The molecule has 1 heterocycles.